The first kappa shape index (κ1) is 22.8. The lowest BCUT2D eigenvalue weighted by atomic mass is 9.85. The van der Waals surface area contributed by atoms with Gasteiger partial charge in [0, 0.05) is 32.1 Å². The molecule has 0 aliphatic rings. The molecule has 0 atom stereocenters. The van der Waals surface area contributed by atoms with E-state index in [0.29, 0.717) is 13.1 Å². The smallest absolute Gasteiger partial charge is 0.242 e. The van der Waals surface area contributed by atoms with Crippen LogP contribution in [0.4, 0.5) is 0 Å². The van der Waals surface area contributed by atoms with Crippen LogP contribution in [-0.4, -0.2) is 68.5 Å². The highest BCUT2D eigenvalue weighted by molar-refractivity contribution is 5.86. The van der Waals surface area contributed by atoms with Gasteiger partial charge in [-0.2, -0.15) is 0 Å². The zero-order valence-corrected chi connectivity index (χ0v) is 18.0. The number of hydrogen-bond acceptors (Lipinski definition) is 3. The Morgan fingerprint density at radius 3 is 2.22 bits per heavy atom. The number of carbonyl (C=O) groups is 1. The normalized spacial score (nSPS) is 11.9. The highest BCUT2D eigenvalue weighted by atomic mass is 16.5. The molecule has 1 rings (SSSR count). The van der Waals surface area contributed by atoms with E-state index in [9.17, 15) is 4.79 Å². The van der Waals surface area contributed by atoms with E-state index >= 15 is 0 Å². The van der Waals surface area contributed by atoms with Crippen LogP contribution < -0.4 is 10.1 Å². The zero-order chi connectivity index (χ0) is 20.4. The quantitative estimate of drug-likeness (QED) is 0.532. The van der Waals surface area contributed by atoms with Gasteiger partial charge in [0.15, 0.2) is 5.96 Å². The maximum atomic E-state index is 12.4. The summed E-state index contributed by atoms with van der Waals surface area (Å²) in [7, 11) is 3.58. The van der Waals surface area contributed by atoms with Crippen molar-refractivity contribution in [2.45, 2.75) is 40.0 Å². The monoisotopic (exact) mass is 376 g/mol. The Labute approximate surface area is 164 Å². The van der Waals surface area contributed by atoms with Gasteiger partial charge < -0.3 is 19.9 Å². The van der Waals surface area contributed by atoms with Crippen LogP contribution in [0.5, 0.6) is 5.75 Å². The Bertz CT molecular complexity index is 607. The zero-order valence-electron chi connectivity index (χ0n) is 18.0. The molecule has 27 heavy (non-hydrogen) atoms. The summed E-state index contributed by atoms with van der Waals surface area (Å²) in [4.78, 5) is 20.9. The first-order chi connectivity index (χ1) is 12.8. The molecule has 0 saturated heterocycles. The third kappa shape index (κ3) is 6.77. The van der Waals surface area contributed by atoms with E-state index in [-0.39, 0.29) is 11.3 Å². The van der Waals surface area contributed by atoms with Gasteiger partial charge >= 0.3 is 0 Å². The van der Waals surface area contributed by atoms with E-state index < -0.39 is 0 Å². The fourth-order valence-electron chi connectivity index (χ4n) is 2.83. The number of likely N-dealkylation sites (N-methyl/N-ethyl adjacent to an activating group) is 2. The number of nitrogens with one attached hydrogen (secondary N) is 1. The molecule has 0 aliphatic carbocycles. The van der Waals surface area contributed by atoms with Crippen LogP contribution >= 0.6 is 0 Å². The van der Waals surface area contributed by atoms with Crippen molar-refractivity contribution in [1.82, 2.24) is 15.1 Å². The number of hydrogen-bond donors (Lipinski definition) is 1. The van der Waals surface area contributed by atoms with Gasteiger partial charge in [-0.05, 0) is 38.5 Å². The summed E-state index contributed by atoms with van der Waals surface area (Å²) in [5.41, 5.74) is 1.07. The van der Waals surface area contributed by atoms with Crippen LogP contribution in [0, 0.1) is 0 Å². The number of nitrogens with zero attached hydrogens (tertiary/aromatic N) is 3. The molecule has 1 N–H and O–H groups in total. The summed E-state index contributed by atoms with van der Waals surface area (Å²) >= 11 is 0. The number of ether oxygens (including phenoxy) is 1. The van der Waals surface area contributed by atoms with Gasteiger partial charge in [-0.1, -0.05) is 26.0 Å². The summed E-state index contributed by atoms with van der Waals surface area (Å²) in [5, 5.41) is 3.29. The van der Waals surface area contributed by atoms with E-state index in [1.807, 2.05) is 49.8 Å². The second-order valence-corrected chi connectivity index (χ2v) is 7.20. The number of carbonyl (C=O) groups excluding carboxylic acids is 1. The van der Waals surface area contributed by atoms with Crippen LogP contribution in [-0.2, 0) is 10.2 Å². The Morgan fingerprint density at radius 1 is 1.15 bits per heavy atom. The predicted octanol–water partition coefficient (Wildman–Crippen LogP) is 2.74. The Hall–Kier alpha value is -2.24. The van der Waals surface area contributed by atoms with Crippen molar-refractivity contribution >= 4 is 11.9 Å². The van der Waals surface area contributed by atoms with Crippen molar-refractivity contribution < 1.29 is 9.53 Å². The topological polar surface area (TPSA) is 57.2 Å². The molecular weight excluding hydrogens is 340 g/mol. The molecule has 0 aromatic heterocycles. The molecule has 0 unspecified atom stereocenters. The second-order valence-electron chi connectivity index (χ2n) is 7.20. The third-order valence-corrected chi connectivity index (χ3v) is 4.68. The van der Waals surface area contributed by atoms with Gasteiger partial charge in [-0.25, -0.2) is 0 Å². The molecule has 0 spiro atoms. The molecule has 1 aromatic carbocycles. The molecule has 0 fully saturated rings. The predicted molar refractivity (Wildman–Crippen MR) is 113 cm³/mol. The third-order valence-electron chi connectivity index (χ3n) is 4.68. The lowest BCUT2D eigenvalue weighted by molar-refractivity contribution is -0.131. The maximum Gasteiger partial charge on any atom is 0.242 e. The molecule has 1 amide bonds. The summed E-state index contributed by atoms with van der Waals surface area (Å²) in [6, 6.07) is 8.10. The highest BCUT2D eigenvalue weighted by Crippen LogP contribution is 2.25. The molecule has 1 aromatic rings. The van der Waals surface area contributed by atoms with Crippen molar-refractivity contribution in [2.24, 2.45) is 4.99 Å². The van der Waals surface area contributed by atoms with Gasteiger partial charge in [-0.15, -0.1) is 0 Å². The van der Waals surface area contributed by atoms with E-state index in [0.717, 1.165) is 31.3 Å². The number of aliphatic imine (C=N–C) groups is 1. The summed E-state index contributed by atoms with van der Waals surface area (Å²) in [5.74, 6) is 1.71. The summed E-state index contributed by atoms with van der Waals surface area (Å²) in [6.45, 7) is 13.5. The molecule has 6 nitrogen and oxygen atoms in total. The van der Waals surface area contributed by atoms with Crippen LogP contribution in [0.1, 0.15) is 40.2 Å². The average molecular weight is 377 g/mol. The van der Waals surface area contributed by atoms with E-state index in [1.54, 1.807) is 7.11 Å². The Kier molecular flexibility index (Phi) is 9.12. The Morgan fingerprint density at radius 2 is 1.74 bits per heavy atom. The maximum absolute atomic E-state index is 12.4. The number of amides is 1. The molecule has 0 aliphatic heterocycles. The SMILES string of the molecule is CCNC(=NCC(C)(C)c1ccc(OC)cc1)N(C)CC(=O)N(CC)CC. The Balaban J connectivity index is 2.88. The number of methoxy groups -OCH3 is 1. The van der Waals surface area contributed by atoms with Gasteiger partial charge in [0.2, 0.25) is 5.91 Å². The van der Waals surface area contributed by atoms with Gasteiger partial charge in [-0.3, -0.25) is 9.79 Å². The number of benzene rings is 1. The second kappa shape index (κ2) is 10.8. The molecular formula is C21H36N4O2. The number of guanidine groups is 1. The van der Waals surface area contributed by atoms with Crippen LogP contribution in [0.2, 0.25) is 0 Å². The van der Waals surface area contributed by atoms with E-state index in [4.69, 9.17) is 9.73 Å². The van der Waals surface area contributed by atoms with E-state index in [2.05, 4.69) is 31.3 Å². The van der Waals surface area contributed by atoms with Crippen molar-refractivity contribution in [3.63, 3.8) is 0 Å². The minimum Gasteiger partial charge on any atom is -0.497 e. The number of rotatable bonds is 9. The summed E-state index contributed by atoms with van der Waals surface area (Å²) < 4.78 is 5.24. The van der Waals surface area contributed by atoms with E-state index in [1.165, 1.54) is 5.56 Å². The van der Waals surface area contributed by atoms with Crippen LogP contribution in [0.3, 0.4) is 0 Å². The molecule has 6 heteroatoms. The lowest BCUT2D eigenvalue weighted by Crippen LogP contribution is -2.46. The van der Waals surface area contributed by atoms with Crippen molar-refractivity contribution in [1.29, 1.82) is 0 Å². The highest BCUT2D eigenvalue weighted by Gasteiger charge is 2.22. The van der Waals surface area contributed by atoms with Crippen molar-refractivity contribution in [3.05, 3.63) is 29.8 Å². The fraction of sp³-hybridized carbons (Fsp3) is 0.619. The fourth-order valence-corrected chi connectivity index (χ4v) is 2.83. The molecule has 0 heterocycles. The summed E-state index contributed by atoms with van der Waals surface area (Å²) in [6.07, 6.45) is 0. The minimum absolute atomic E-state index is 0.113. The minimum atomic E-state index is -0.128. The molecule has 152 valence electrons. The average Bonchev–Trinajstić information content (AvgIpc) is 2.66. The molecule has 0 saturated carbocycles. The molecule has 0 radical (unpaired) electrons. The van der Waals surface area contributed by atoms with Crippen LogP contribution in [0.15, 0.2) is 29.3 Å². The van der Waals surface area contributed by atoms with Gasteiger partial charge in [0.05, 0.1) is 20.2 Å². The van der Waals surface area contributed by atoms with Crippen LogP contribution in [0.25, 0.3) is 0 Å². The standard InChI is InChI=1S/C21H36N4O2/c1-8-22-20(24(6)15-19(26)25(9-2)10-3)23-16-21(4,5)17-11-13-18(27-7)14-12-17/h11-14H,8-10,15-16H2,1-7H3,(H,22,23). The van der Waals surface area contributed by atoms with Gasteiger partial charge in [0.1, 0.15) is 5.75 Å². The molecule has 0 bridgehead atoms. The van der Waals surface area contributed by atoms with Crippen molar-refractivity contribution in [3.8, 4) is 5.75 Å². The van der Waals surface area contributed by atoms with Crippen molar-refractivity contribution in [2.75, 3.05) is 46.9 Å². The lowest BCUT2D eigenvalue weighted by Gasteiger charge is -2.28. The first-order valence-corrected chi connectivity index (χ1v) is 9.70. The largest absolute Gasteiger partial charge is 0.497 e. The van der Waals surface area contributed by atoms with Gasteiger partial charge in [0.25, 0.3) is 0 Å². The first-order valence-electron chi connectivity index (χ1n) is 9.70.